The van der Waals surface area contributed by atoms with Gasteiger partial charge >= 0.3 is 0 Å². The number of thioether (sulfide) groups is 1. The molecule has 0 aliphatic carbocycles. The van der Waals surface area contributed by atoms with Crippen molar-refractivity contribution in [1.82, 2.24) is 24.4 Å². The summed E-state index contributed by atoms with van der Waals surface area (Å²) < 4.78 is 29.0. The van der Waals surface area contributed by atoms with Crippen LogP contribution >= 0.6 is 11.8 Å². The van der Waals surface area contributed by atoms with Crippen molar-refractivity contribution < 1.29 is 8.78 Å². The van der Waals surface area contributed by atoms with Crippen molar-refractivity contribution in [1.29, 1.82) is 0 Å². The van der Waals surface area contributed by atoms with Crippen LogP contribution in [0.4, 0.5) is 14.7 Å². The Kier molecular flexibility index (Phi) is 6.41. The molecule has 0 spiro atoms. The third kappa shape index (κ3) is 4.85. The number of rotatable bonds is 6. The van der Waals surface area contributed by atoms with Crippen molar-refractivity contribution in [2.24, 2.45) is 0 Å². The Morgan fingerprint density at radius 3 is 2.53 bits per heavy atom. The highest BCUT2D eigenvalue weighted by Gasteiger charge is 2.26. The van der Waals surface area contributed by atoms with Crippen molar-refractivity contribution in [2.75, 3.05) is 24.2 Å². The zero-order chi connectivity index (χ0) is 24.5. The van der Waals surface area contributed by atoms with Crippen LogP contribution in [0.5, 0.6) is 0 Å². The van der Waals surface area contributed by atoms with Gasteiger partial charge in [0.25, 0.3) is 0 Å². The average Bonchev–Trinajstić information content (AvgIpc) is 3.48. The van der Waals surface area contributed by atoms with Crippen LogP contribution in [0.3, 0.4) is 0 Å². The van der Waals surface area contributed by atoms with Gasteiger partial charge in [0.1, 0.15) is 11.6 Å². The molecule has 4 aromatic rings. The van der Waals surface area contributed by atoms with Crippen LogP contribution in [0, 0.1) is 11.6 Å². The van der Waals surface area contributed by atoms with E-state index in [2.05, 4.69) is 19.8 Å². The second-order valence-corrected chi connectivity index (χ2v) is 10.3. The maximum Gasteiger partial charge on any atom is 0.223 e. The summed E-state index contributed by atoms with van der Waals surface area (Å²) in [6.45, 7) is 3.53. The summed E-state index contributed by atoms with van der Waals surface area (Å²) in [6, 6.07) is 15.3. The lowest BCUT2D eigenvalue weighted by Gasteiger charge is -2.33. The van der Waals surface area contributed by atoms with Crippen LogP contribution in [0.25, 0.3) is 22.6 Å². The van der Waals surface area contributed by atoms with Crippen LogP contribution < -0.4 is 5.32 Å². The highest BCUT2D eigenvalue weighted by atomic mass is 32.2. The quantitative estimate of drug-likeness (QED) is 0.376. The first-order valence-corrected chi connectivity index (χ1v) is 13.2. The second-order valence-electron chi connectivity index (χ2n) is 9.21. The number of nitrogens with zero attached hydrogens (tertiary/aromatic N) is 5. The molecular formula is C27H26F2N6S. The van der Waals surface area contributed by atoms with Gasteiger partial charge in [-0.25, -0.2) is 23.7 Å². The number of nitrogens with one attached hydrogen (secondary N) is 1. The molecule has 2 aromatic carbocycles. The maximum atomic E-state index is 13.6. The molecule has 36 heavy (non-hydrogen) atoms. The Bertz CT molecular complexity index is 1360. The fraction of sp³-hybridized carbons (Fsp3) is 0.296. The summed E-state index contributed by atoms with van der Waals surface area (Å²) in [4.78, 5) is 16.6. The smallest absolute Gasteiger partial charge is 0.223 e. The largest absolute Gasteiger partial charge is 0.350 e. The third-order valence-corrected chi connectivity index (χ3v) is 7.61. The molecule has 6 nitrogen and oxygen atoms in total. The Labute approximate surface area is 212 Å². The minimum atomic E-state index is -0.268. The van der Waals surface area contributed by atoms with Gasteiger partial charge in [-0.3, -0.25) is 4.90 Å². The molecular weight excluding hydrogens is 478 g/mol. The van der Waals surface area contributed by atoms with E-state index < -0.39 is 0 Å². The predicted molar refractivity (Wildman–Crippen MR) is 138 cm³/mol. The van der Waals surface area contributed by atoms with Crippen LogP contribution in [0.2, 0.25) is 0 Å². The maximum absolute atomic E-state index is 13.6. The van der Waals surface area contributed by atoms with E-state index in [1.165, 1.54) is 24.3 Å². The third-order valence-electron chi connectivity index (χ3n) is 6.65. The molecule has 2 aliphatic rings. The number of fused-ring (bicyclic) bond motifs is 1. The normalized spacial score (nSPS) is 17.8. The summed E-state index contributed by atoms with van der Waals surface area (Å²) in [5.41, 5.74) is 4.52. The molecule has 1 fully saturated rings. The summed E-state index contributed by atoms with van der Waals surface area (Å²) in [7, 11) is 0. The second kappa shape index (κ2) is 9.99. The van der Waals surface area contributed by atoms with Gasteiger partial charge < -0.3 is 9.88 Å². The first-order chi connectivity index (χ1) is 17.6. The monoisotopic (exact) mass is 504 g/mol. The lowest BCUT2D eigenvalue weighted by Crippen LogP contribution is -2.41. The lowest BCUT2D eigenvalue weighted by atomic mass is 10.0. The number of piperidine rings is 1. The molecule has 1 atom stereocenters. The molecule has 6 rings (SSSR count). The van der Waals surface area contributed by atoms with Crippen LogP contribution in [-0.4, -0.2) is 49.3 Å². The summed E-state index contributed by atoms with van der Waals surface area (Å²) in [5, 5.41) is 4.49. The Hall–Kier alpha value is -3.30. The van der Waals surface area contributed by atoms with Crippen LogP contribution in [0.1, 0.15) is 18.4 Å². The van der Waals surface area contributed by atoms with Gasteiger partial charge in [0.05, 0.1) is 17.1 Å². The molecule has 1 saturated heterocycles. The van der Waals surface area contributed by atoms with Crippen LogP contribution in [-0.2, 0) is 13.1 Å². The number of halogens is 2. The van der Waals surface area contributed by atoms with E-state index in [4.69, 9.17) is 9.97 Å². The van der Waals surface area contributed by atoms with E-state index in [1.807, 2.05) is 18.2 Å². The predicted octanol–water partition coefficient (Wildman–Crippen LogP) is 5.47. The molecule has 4 heterocycles. The van der Waals surface area contributed by atoms with E-state index in [0.717, 1.165) is 78.1 Å². The van der Waals surface area contributed by atoms with E-state index in [1.54, 1.807) is 30.1 Å². The molecule has 1 N–H and O–H groups in total. The molecule has 9 heteroatoms. The first kappa shape index (κ1) is 23.1. The Balaban J connectivity index is 1.23. The molecule has 0 bridgehead atoms. The number of likely N-dealkylation sites (tertiary alicyclic amines) is 1. The topological polar surface area (TPSA) is 58.9 Å². The number of aromatic nitrogens is 4. The van der Waals surface area contributed by atoms with Gasteiger partial charge in [0, 0.05) is 43.2 Å². The van der Waals surface area contributed by atoms with Crippen molar-refractivity contribution >= 4 is 17.7 Å². The SMILES string of the molecule is Fc1ccc(CN2CCCC(Nc3nccc(-c4c(-c5ccc(F)cc5)nc5n4CCS5)n3)C2)cc1. The highest BCUT2D eigenvalue weighted by Crippen LogP contribution is 2.38. The van der Waals surface area contributed by atoms with Crippen molar-refractivity contribution in [3.8, 4) is 22.6 Å². The number of imidazole rings is 1. The van der Waals surface area contributed by atoms with Gasteiger partial charge in [-0.05, 0) is 67.4 Å². The summed E-state index contributed by atoms with van der Waals surface area (Å²) >= 11 is 1.72. The minimum absolute atomic E-state index is 0.209. The fourth-order valence-corrected chi connectivity index (χ4v) is 5.91. The van der Waals surface area contributed by atoms with Crippen molar-refractivity contribution in [3.05, 3.63) is 78.0 Å². The van der Waals surface area contributed by atoms with Gasteiger partial charge in [-0.1, -0.05) is 23.9 Å². The molecule has 0 radical (unpaired) electrons. The summed E-state index contributed by atoms with van der Waals surface area (Å²) in [6.07, 6.45) is 3.88. The average molecular weight is 505 g/mol. The number of anilines is 1. The molecule has 0 saturated carbocycles. The van der Waals surface area contributed by atoms with Crippen molar-refractivity contribution in [2.45, 2.75) is 37.1 Å². The zero-order valence-corrected chi connectivity index (χ0v) is 20.5. The van der Waals surface area contributed by atoms with Gasteiger partial charge in [-0.15, -0.1) is 0 Å². The van der Waals surface area contributed by atoms with E-state index in [0.29, 0.717) is 5.95 Å². The lowest BCUT2D eigenvalue weighted by molar-refractivity contribution is 0.208. The molecule has 2 aliphatic heterocycles. The summed E-state index contributed by atoms with van der Waals surface area (Å²) in [5.74, 6) is 1.09. The zero-order valence-electron chi connectivity index (χ0n) is 19.7. The molecule has 2 aromatic heterocycles. The highest BCUT2D eigenvalue weighted by molar-refractivity contribution is 7.99. The van der Waals surface area contributed by atoms with E-state index in [9.17, 15) is 8.78 Å². The molecule has 184 valence electrons. The van der Waals surface area contributed by atoms with Crippen molar-refractivity contribution in [3.63, 3.8) is 0 Å². The van der Waals surface area contributed by atoms with Gasteiger partial charge in [0.2, 0.25) is 5.95 Å². The first-order valence-electron chi connectivity index (χ1n) is 12.2. The molecule has 0 amide bonds. The number of benzene rings is 2. The van der Waals surface area contributed by atoms with Gasteiger partial charge in [0.15, 0.2) is 5.16 Å². The van der Waals surface area contributed by atoms with Gasteiger partial charge in [-0.2, -0.15) is 0 Å². The van der Waals surface area contributed by atoms with Crippen LogP contribution in [0.15, 0.2) is 66.0 Å². The minimum Gasteiger partial charge on any atom is -0.350 e. The molecule has 1 unspecified atom stereocenters. The Morgan fingerprint density at radius 2 is 1.72 bits per heavy atom. The fourth-order valence-electron chi connectivity index (χ4n) is 4.95. The van der Waals surface area contributed by atoms with E-state index >= 15 is 0 Å². The van der Waals surface area contributed by atoms with E-state index in [-0.39, 0.29) is 17.7 Å². The number of hydrogen-bond acceptors (Lipinski definition) is 6. The Morgan fingerprint density at radius 1 is 0.944 bits per heavy atom. The number of hydrogen-bond donors (Lipinski definition) is 1. The standard InChI is InChI=1S/C27H26F2N6S/c28-20-7-3-18(4-8-20)16-34-13-1-2-22(17-34)31-26-30-12-11-23(32-26)25-24(19-5-9-21(29)10-6-19)33-27-35(25)14-15-36-27/h3-12,22H,1-2,13-17H2,(H,30,31,32).